The van der Waals surface area contributed by atoms with E-state index in [1.165, 1.54) is 6.07 Å². The van der Waals surface area contributed by atoms with Gasteiger partial charge in [-0.1, -0.05) is 6.07 Å². The van der Waals surface area contributed by atoms with Crippen LogP contribution in [0.25, 0.3) is 10.9 Å². The summed E-state index contributed by atoms with van der Waals surface area (Å²) in [5, 5.41) is 9.39. The van der Waals surface area contributed by atoms with E-state index >= 15 is 0 Å². The maximum absolute atomic E-state index is 11.8. The van der Waals surface area contributed by atoms with Gasteiger partial charge in [0, 0.05) is 24.2 Å². The topological polar surface area (TPSA) is 59.3 Å². The summed E-state index contributed by atoms with van der Waals surface area (Å²) in [4.78, 5) is 22.5. The van der Waals surface area contributed by atoms with Gasteiger partial charge in [-0.15, -0.1) is 0 Å². The predicted molar refractivity (Wildman–Crippen MR) is 69.9 cm³/mol. The molecule has 0 amide bonds. The summed E-state index contributed by atoms with van der Waals surface area (Å²) >= 11 is 0. The smallest absolute Gasteiger partial charge is 0.305 e. The molecule has 1 heterocycles. The highest BCUT2D eigenvalue weighted by Gasteiger charge is 2.08. The minimum absolute atomic E-state index is 0.0281. The maximum atomic E-state index is 11.8. The van der Waals surface area contributed by atoms with Gasteiger partial charge in [0.25, 0.3) is 0 Å². The zero-order valence-corrected chi connectivity index (χ0v) is 10.4. The third kappa shape index (κ3) is 2.14. The first-order chi connectivity index (χ1) is 8.50. The lowest BCUT2D eigenvalue weighted by molar-refractivity contribution is -0.137. The van der Waals surface area contributed by atoms with Crippen LogP contribution in [0.4, 0.5) is 0 Å². The highest BCUT2D eigenvalue weighted by molar-refractivity contribution is 5.83. The Kier molecular flexibility index (Phi) is 3.19. The van der Waals surface area contributed by atoms with Crippen molar-refractivity contribution in [3.8, 4) is 0 Å². The van der Waals surface area contributed by atoms with E-state index in [4.69, 9.17) is 5.11 Å². The van der Waals surface area contributed by atoms with Crippen LogP contribution in [0.15, 0.2) is 29.2 Å². The van der Waals surface area contributed by atoms with Gasteiger partial charge in [-0.3, -0.25) is 9.59 Å². The molecule has 1 aromatic carbocycles. The number of hydrogen-bond donors (Lipinski definition) is 1. The zero-order valence-electron chi connectivity index (χ0n) is 10.4. The van der Waals surface area contributed by atoms with E-state index in [0.29, 0.717) is 11.9 Å². The molecule has 0 saturated carbocycles. The van der Waals surface area contributed by atoms with Crippen molar-refractivity contribution < 1.29 is 9.90 Å². The van der Waals surface area contributed by atoms with Crippen LogP contribution in [0.3, 0.4) is 0 Å². The summed E-state index contributed by atoms with van der Waals surface area (Å²) in [7, 11) is 0. The number of benzene rings is 1. The van der Waals surface area contributed by atoms with E-state index in [0.717, 1.165) is 16.6 Å². The van der Waals surface area contributed by atoms with Crippen LogP contribution in [0.2, 0.25) is 0 Å². The average molecular weight is 245 g/mol. The van der Waals surface area contributed by atoms with Crippen molar-refractivity contribution in [3.05, 3.63) is 45.7 Å². The highest BCUT2D eigenvalue weighted by atomic mass is 16.4. The number of rotatable bonds is 3. The zero-order chi connectivity index (χ0) is 13.3. The molecule has 0 aliphatic heterocycles. The summed E-state index contributed by atoms with van der Waals surface area (Å²) in [6.07, 6.45) is 1.71. The molecular weight excluding hydrogens is 230 g/mol. The van der Waals surface area contributed by atoms with E-state index in [-0.39, 0.29) is 11.8 Å². The quantitative estimate of drug-likeness (QED) is 0.900. The number of pyridine rings is 1. The van der Waals surface area contributed by atoms with Crippen LogP contribution >= 0.6 is 0 Å². The summed E-state index contributed by atoms with van der Waals surface area (Å²) < 4.78 is 1.84. The Morgan fingerprint density at radius 1 is 1.28 bits per heavy atom. The number of carbonyl (C=O) groups is 1. The fraction of sp³-hybridized carbons (Fsp3) is 0.286. The normalized spacial score (nSPS) is 10.8. The second-order valence-corrected chi connectivity index (χ2v) is 4.42. The lowest BCUT2D eigenvalue weighted by Crippen LogP contribution is -2.12. The number of aliphatic carboxylic acids is 1. The van der Waals surface area contributed by atoms with Crippen LogP contribution in [-0.2, 0) is 11.3 Å². The summed E-state index contributed by atoms with van der Waals surface area (Å²) in [6.45, 7) is 4.30. The molecule has 0 atom stereocenters. The average Bonchev–Trinajstić information content (AvgIpc) is 2.33. The predicted octanol–water partition coefficient (Wildman–Crippen LogP) is 2.09. The Morgan fingerprint density at radius 3 is 2.67 bits per heavy atom. The number of fused-ring (bicyclic) bond motifs is 1. The third-order valence-electron chi connectivity index (χ3n) is 3.23. The number of aryl methyl sites for hydroxylation is 3. The van der Waals surface area contributed by atoms with Gasteiger partial charge in [-0.25, -0.2) is 0 Å². The third-order valence-corrected chi connectivity index (χ3v) is 3.23. The minimum atomic E-state index is -0.841. The molecule has 0 radical (unpaired) electrons. The van der Waals surface area contributed by atoms with Crippen molar-refractivity contribution in [3.63, 3.8) is 0 Å². The number of aromatic nitrogens is 1. The molecule has 0 bridgehead atoms. The summed E-state index contributed by atoms with van der Waals surface area (Å²) in [5.41, 5.74) is 2.93. The van der Waals surface area contributed by atoms with Crippen LogP contribution in [-0.4, -0.2) is 15.6 Å². The van der Waals surface area contributed by atoms with Gasteiger partial charge >= 0.3 is 5.97 Å². The van der Waals surface area contributed by atoms with E-state index in [1.54, 1.807) is 12.3 Å². The second-order valence-electron chi connectivity index (χ2n) is 4.42. The molecule has 2 aromatic rings. The molecule has 1 aromatic heterocycles. The number of hydrogen-bond acceptors (Lipinski definition) is 2. The fourth-order valence-corrected chi connectivity index (χ4v) is 2.09. The highest BCUT2D eigenvalue weighted by Crippen LogP contribution is 2.19. The number of nitrogens with zero attached hydrogens (tertiary/aromatic N) is 1. The van der Waals surface area contributed by atoms with Gasteiger partial charge < -0.3 is 9.67 Å². The van der Waals surface area contributed by atoms with E-state index in [9.17, 15) is 9.59 Å². The SMILES string of the molecule is Cc1ccc2c(=O)ccn(CCC(=O)O)c2c1C. The van der Waals surface area contributed by atoms with Crippen molar-refractivity contribution in [2.45, 2.75) is 26.8 Å². The minimum Gasteiger partial charge on any atom is -0.481 e. The largest absolute Gasteiger partial charge is 0.481 e. The molecule has 94 valence electrons. The molecular formula is C14H15NO3. The second kappa shape index (κ2) is 4.64. The van der Waals surface area contributed by atoms with Gasteiger partial charge in [-0.2, -0.15) is 0 Å². The van der Waals surface area contributed by atoms with Crippen molar-refractivity contribution in [1.29, 1.82) is 0 Å². The standard InChI is InChI=1S/C14H15NO3/c1-9-3-4-11-12(16)5-7-15(8-6-13(17)18)14(11)10(9)2/h3-5,7H,6,8H2,1-2H3,(H,17,18). The van der Waals surface area contributed by atoms with E-state index < -0.39 is 5.97 Å². The van der Waals surface area contributed by atoms with Crippen molar-refractivity contribution >= 4 is 16.9 Å². The van der Waals surface area contributed by atoms with Gasteiger partial charge in [0.1, 0.15) is 0 Å². The van der Waals surface area contributed by atoms with Crippen molar-refractivity contribution in [1.82, 2.24) is 4.57 Å². The first-order valence-corrected chi connectivity index (χ1v) is 5.82. The number of carboxylic acid groups (broad SMARTS) is 1. The first kappa shape index (κ1) is 12.4. The molecule has 0 unspecified atom stereocenters. The molecule has 0 saturated heterocycles. The van der Waals surface area contributed by atoms with E-state index in [2.05, 4.69) is 0 Å². The van der Waals surface area contributed by atoms with Gasteiger partial charge in [-0.05, 0) is 31.0 Å². The van der Waals surface area contributed by atoms with Crippen molar-refractivity contribution in [2.24, 2.45) is 0 Å². The van der Waals surface area contributed by atoms with Crippen molar-refractivity contribution in [2.75, 3.05) is 0 Å². The number of carboxylic acids is 1. The first-order valence-electron chi connectivity index (χ1n) is 5.82. The molecule has 0 spiro atoms. The molecule has 0 aliphatic rings. The van der Waals surface area contributed by atoms with Gasteiger partial charge in [0.2, 0.25) is 0 Å². The van der Waals surface area contributed by atoms with Gasteiger partial charge in [0.15, 0.2) is 5.43 Å². The lowest BCUT2D eigenvalue weighted by atomic mass is 10.0. The molecule has 4 heteroatoms. The monoisotopic (exact) mass is 245 g/mol. The Hall–Kier alpha value is -2.10. The van der Waals surface area contributed by atoms with Crippen LogP contribution in [0.5, 0.6) is 0 Å². The Labute approximate surface area is 104 Å². The Morgan fingerprint density at radius 2 is 2.00 bits per heavy atom. The molecule has 18 heavy (non-hydrogen) atoms. The molecule has 0 fully saturated rings. The van der Waals surface area contributed by atoms with Crippen LogP contribution in [0.1, 0.15) is 17.5 Å². The van der Waals surface area contributed by atoms with E-state index in [1.807, 2.05) is 24.5 Å². The summed E-state index contributed by atoms with van der Waals surface area (Å²) in [6, 6.07) is 5.21. The van der Waals surface area contributed by atoms with Gasteiger partial charge in [0.05, 0.1) is 11.9 Å². The molecule has 2 rings (SSSR count). The van der Waals surface area contributed by atoms with Crippen LogP contribution in [0, 0.1) is 13.8 Å². The fourth-order valence-electron chi connectivity index (χ4n) is 2.09. The van der Waals surface area contributed by atoms with Crippen LogP contribution < -0.4 is 5.43 Å². The molecule has 4 nitrogen and oxygen atoms in total. The Balaban J connectivity index is 2.67. The maximum Gasteiger partial charge on any atom is 0.305 e. The Bertz CT molecular complexity index is 671. The lowest BCUT2D eigenvalue weighted by Gasteiger charge is -2.13. The molecule has 1 N–H and O–H groups in total. The summed E-state index contributed by atoms with van der Waals surface area (Å²) in [5.74, 6) is -0.841. The molecule has 0 aliphatic carbocycles.